The predicted octanol–water partition coefficient (Wildman–Crippen LogP) is 3.52. The molecule has 0 spiro atoms. The monoisotopic (exact) mass is 383 g/mol. The quantitative estimate of drug-likeness (QED) is 0.795. The molecule has 1 saturated heterocycles. The molecular weight excluding hydrogens is 354 g/mol. The SMILES string of the molecule is C[C@H](NC(=O)C1CC1)[C@H](c1cccs1)N1CCN(Cc2ccccc2)CC1. The highest BCUT2D eigenvalue weighted by atomic mass is 32.1. The van der Waals surface area contributed by atoms with Gasteiger partial charge in [0.15, 0.2) is 0 Å². The summed E-state index contributed by atoms with van der Waals surface area (Å²) in [5.74, 6) is 0.505. The molecule has 2 atom stereocenters. The molecule has 1 N–H and O–H groups in total. The van der Waals surface area contributed by atoms with E-state index in [1.165, 1.54) is 10.4 Å². The van der Waals surface area contributed by atoms with Crippen LogP contribution in [0.4, 0.5) is 0 Å². The van der Waals surface area contributed by atoms with Gasteiger partial charge in [0, 0.05) is 49.6 Å². The lowest BCUT2D eigenvalue weighted by molar-refractivity contribution is -0.123. The number of piperazine rings is 1. The molecule has 1 aromatic heterocycles. The Bertz CT molecular complexity index is 721. The van der Waals surface area contributed by atoms with Crippen LogP contribution in [0.1, 0.15) is 36.2 Å². The number of nitrogens with one attached hydrogen (secondary N) is 1. The second kappa shape index (κ2) is 8.55. The topological polar surface area (TPSA) is 35.6 Å². The minimum Gasteiger partial charge on any atom is -0.351 e. The molecule has 1 saturated carbocycles. The van der Waals surface area contributed by atoms with Gasteiger partial charge >= 0.3 is 0 Å². The normalized spacial score (nSPS) is 20.9. The van der Waals surface area contributed by atoms with Crippen molar-refractivity contribution in [2.24, 2.45) is 5.92 Å². The van der Waals surface area contributed by atoms with E-state index in [1.807, 2.05) is 0 Å². The second-order valence-corrected chi connectivity index (χ2v) is 8.81. The van der Waals surface area contributed by atoms with Crippen LogP contribution in [-0.2, 0) is 11.3 Å². The maximum Gasteiger partial charge on any atom is 0.223 e. The lowest BCUT2D eigenvalue weighted by atomic mass is 10.0. The van der Waals surface area contributed by atoms with Gasteiger partial charge in [-0.1, -0.05) is 36.4 Å². The summed E-state index contributed by atoms with van der Waals surface area (Å²) >= 11 is 1.80. The zero-order valence-corrected chi connectivity index (χ0v) is 16.8. The van der Waals surface area contributed by atoms with Crippen LogP contribution in [0.2, 0.25) is 0 Å². The lowest BCUT2D eigenvalue weighted by Crippen LogP contribution is -2.52. The minimum atomic E-state index is 0.137. The van der Waals surface area contributed by atoms with E-state index in [1.54, 1.807) is 11.3 Å². The molecule has 27 heavy (non-hydrogen) atoms. The molecule has 0 unspecified atom stereocenters. The Balaban J connectivity index is 1.38. The summed E-state index contributed by atoms with van der Waals surface area (Å²) in [5.41, 5.74) is 1.38. The zero-order chi connectivity index (χ0) is 18.6. The van der Waals surface area contributed by atoms with Gasteiger partial charge < -0.3 is 5.32 Å². The number of nitrogens with zero attached hydrogens (tertiary/aromatic N) is 2. The Labute approximate surface area is 166 Å². The van der Waals surface area contributed by atoms with Crippen molar-refractivity contribution in [2.45, 2.75) is 38.4 Å². The van der Waals surface area contributed by atoms with E-state index in [-0.39, 0.29) is 23.9 Å². The minimum absolute atomic E-state index is 0.137. The number of carbonyl (C=O) groups is 1. The first kappa shape index (κ1) is 18.7. The van der Waals surface area contributed by atoms with Gasteiger partial charge in [0.25, 0.3) is 0 Å². The average molecular weight is 384 g/mol. The van der Waals surface area contributed by atoms with Crippen molar-refractivity contribution >= 4 is 17.2 Å². The molecule has 2 aromatic rings. The molecule has 2 aliphatic rings. The van der Waals surface area contributed by atoms with Gasteiger partial charge in [0.05, 0.1) is 6.04 Å². The van der Waals surface area contributed by atoms with Crippen molar-refractivity contribution in [1.29, 1.82) is 0 Å². The maximum absolute atomic E-state index is 12.3. The van der Waals surface area contributed by atoms with E-state index >= 15 is 0 Å². The van der Waals surface area contributed by atoms with Crippen molar-refractivity contribution in [3.05, 3.63) is 58.3 Å². The molecule has 1 aliphatic heterocycles. The van der Waals surface area contributed by atoms with Crippen LogP contribution in [-0.4, -0.2) is 47.9 Å². The van der Waals surface area contributed by atoms with Gasteiger partial charge in [-0.25, -0.2) is 0 Å². The van der Waals surface area contributed by atoms with Crippen LogP contribution in [0, 0.1) is 5.92 Å². The summed E-state index contributed by atoms with van der Waals surface area (Å²) in [6.45, 7) is 7.41. The van der Waals surface area contributed by atoms with Crippen LogP contribution in [0.3, 0.4) is 0 Å². The van der Waals surface area contributed by atoms with Gasteiger partial charge in [-0.2, -0.15) is 0 Å². The molecule has 0 bridgehead atoms. The van der Waals surface area contributed by atoms with E-state index in [0.29, 0.717) is 0 Å². The van der Waals surface area contributed by atoms with Crippen LogP contribution in [0.25, 0.3) is 0 Å². The van der Waals surface area contributed by atoms with Crippen LogP contribution in [0.15, 0.2) is 47.8 Å². The summed E-state index contributed by atoms with van der Waals surface area (Å²) in [6, 6.07) is 15.4. The summed E-state index contributed by atoms with van der Waals surface area (Å²) in [4.78, 5) is 18.7. The van der Waals surface area contributed by atoms with Gasteiger partial charge in [0.2, 0.25) is 5.91 Å². The highest BCUT2D eigenvalue weighted by Crippen LogP contribution is 2.32. The standard InChI is InChI=1S/C22H29N3OS/c1-17(23-22(26)19-9-10-19)21(20-8-5-15-27-20)25-13-11-24(12-14-25)16-18-6-3-2-4-7-18/h2-8,15,17,19,21H,9-14,16H2,1H3,(H,23,26)/t17-,21+/m0/s1. The first-order valence-electron chi connectivity index (χ1n) is 10.0. The van der Waals surface area contributed by atoms with E-state index < -0.39 is 0 Å². The maximum atomic E-state index is 12.3. The van der Waals surface area contributed by atoms with Crippen LogP contribution < -0.4 is 5.32 Å². The smallest absolute Gasteiger partial charge is 0.223 e. The van der Waals surface area contributed by atoms with Crippen LogP contribution >= 0.6 is 11.3 Å². The molecule has 1 aromatic carbocycles. The molecule has 4 nitrogen and oxygen atoms in total. The Hall–Kier alpha value is -1.69. The highest BCUT2D eigenvalue weighted by molar-refractivity contribution is 7.10. The molecule has 4 rings (SSSR count). The van der Waals surface area contributed by atoms with Crippen molar-refractivity contribution < 1.29 is 4.79 Å². The molecule has 144 valence electrons. The Morgan fingerprint density at radius 1 is 1.11 bits per heavy atom. The van der Waals surface area contributed by atoms with Gasteiger partial charge in [0.1, 0.15) is 0 Å². The summed E-state index contributed by atoms with van der Waals surface area (Å²) in [5, 5.41) is 5.43. The molecule has 2 heterocycles. The average Bonchev–Trinajstić information content (AvgIpc) is 3.41. The van der Waals surface area contributed by atoms with E-state index in [0.717, 1.165) is 45.6 Å². The zero-order valence-electron chi connectivity index (χ0n) is 16.0. The number of hydrogen-bond donors (Lipinski definition) is 1. The summed E-state index contributed by atoms with van der Waals surface area (Å²) in [6.07, 6.45) is 2.11. The van der Waals surface area contributed by atoms with Crippen molar-refractivity contribution in [3.63, 3.8) is 0 Å². The Morgan fingerprint density at radius 2 is 1.85 bits per heavy atom. The number of thiophene rings is 1. The number of amides is 1. The van der Waals surface area contributed by atoms with Gasteiger partial charge in [-0.3, -0.25) is 14.6 Å². The van der Waals surface area contributed by atoms with Crippen molar-refractivity contribution in [2.75, 3.05) is 26.2 Å². The summed E-state index contributed by atoms with van der Waals surface area (Å²) in [7, 11) is 0. The molecule has 5 heteroatoms. The first-order valence-corrected chi connectivity index (χ1v) is 10.9. The van der Waals surface area contributed by atoms with E-state index in [2.05, 4.69) is 69.9 Å². The Kier molecular flexibility index (Phi) is 5.91. The third kappa shape index (κ3) is 4.78. The van der Waals surface area contributed by atoms with Crippen molar-refractivity contribution in [3.8, 4) is 0 Å². The number of benzene rings is 1. The molecule has 2 fully saturated rings. The fraction of sp³-hybridized carbons (Fsp3) is 0.500. The molecule has 1 aliphatic carbocycles. The van der Waals surface area contributed by atoms with Crippen LogP contribution in [0.5, 0.6) is 0 Å². The van der Waals surface area contributed by atoms with Crippen molar-refractivity contribution in [1.82, 2.24) is 15.1 Å². The molecule has 0 radical (unpaired) electrons. The summed E-state index contributed by atoms with van der Waals surface area (Å²) < 4.78 is 0. The van der Waals surface area contributed by atoms with Gasteiger partial charge in [-0.15, -0.1) is 11.3 Å². The fourth-order valence-electron chi connectivity index (χ4n) is 4.01. The van der Waals surface area contributed by atoms with Gasteiger partial charge in [-0.05, 0) is 36.8 Å². The van der Waals surface area contributed by atoms with E-state index in [9.17, 15) is 4.79 Å². The molecular formula is C22H29N3OS. The fourth-order valence-corrected chi connectivity index (χ4v) is 4.97. The second-order valence-electron chi connectivity index (χ2n) is 7.83. The lowest BCUT2D eigenvalue weighted by Gasteiger charge is -2.41. The molecule has 1 amide bonds. The number of carbonyl (C=O) groups excluding carboxylic acids is 1. The number of rotatable bonds is 7. The number of hydrogen-bond acceptors (Lipinski definition) is 4. The highest BCUT2D eigenvalue weighted by Gasteiger charge is 2.34. The van der Waals surface area contributed by atoms with E-state index in [4.69, 9.17) is 0 Å². The third-order valence-electron chi connectivity index (χ3n) is 5.68. The predicted molar refractivity (Wildman–Crippen MR) is 111 cm³/mol. The first-order chi connectivity index (χ1) is 13.2. The Morgan fingerprint density at radius 3 is 2.48 bits per heavy atom. The largest absolute Gasteiger partial charge is 0.351 e. The third-order valence-corrected chi connectivity index (χ3v) is 6.62.